The molecule has 0 atom stereocenters. The van der Waals surface area contributed by atoms with E-state index in [1.165, 1.54) is 18.1 Å². The van der Waals surface area contributed by atoms with Gasteiger partial charge in [0, 0.05) is 18.3 Å². The van der Waals surface area contributed by atoms with Crippen LogP contribution in [0, 0.1) is 13.8 Å². The van der Waals surface area contributed by atoms with E-state index in [1.807, 2.05) is 37.3 Å². The van der Waals surface area contributed by atoms with Gasteiger partial charge in [-0.05, 0) is 50.1 Å². The molecule has 0 aliphatic heterocycles. The largest absolute Gasteiger partial charge is 0.326 e. The van der Waals surface area contributed by atoms with Crippen molar-refractivity contribution < 1.29 is 4.79 Å². The van der Waals surface area contributed by atoms with Gasteiger partial charge in [-0.25, -0.2) is 0 Å². The first-order valence-corrected chi connectivity index (χ1v) is 6.96. The number of hydrogen-bond acceptors (Lipinski definition) is 2. The molecular formula is C18H20N2O. The van der Waals surface area contributed by atoms with Crippen LogP contribution in [0.5, 0.6) is 0 Å². The fourth-order valence-electron chi connectivity index (χ4n) is 2.17. The van der Waals surface area contributed by atoms with Crippen molar-refractivity contribution in [2.24, 2.45) is 4.99 Å². The minimum atomic E-state index is -0.0663. The Kier molecular flexibility index (Phi) is 4.53. The molecule has 0 spiro atoms. The van der Waals surface area contributed by atoms with E-state index < -0.39 is 0 Å². The normalized spacial score (nSPS) is 11.3. The lowest BCUT2D eigenvalue weighted by Gasteiger charge is -2.06. The van der Waals surface area contributed by atoms with Crippen molar-refractivity contribution in [1.82, 2.24) is 0 Å². The summed E-state index contributed by atoms with van der Waals surface area (Å²) in [4.78, 5) is 15.7. The van der Waals surface area contributed by atoms with Crippen LogP contribution >= 0.6 is 0 Å². The molecule has 2 aromatic rings. The maximum absolute atomic E-state index is 11.0. The Morgan fingerprint density at radius 2 is 1.67 bits per heavy atom. The second kappa shape index (κ2) is 6.35. The second-order valence-electron chi connectivity index (χ2n) is 5.25. The molecule has 21 heavy (non-hydrogen) atoms. The lowest BCUT2D eigenvalue weighted by Crippen LogP contribution is -2.05. The van der Waals surface area contributed by atoms with Gasteiger partial charge in [0.15, 0.2) is 0 Å². The Balaban J connectivity index is 2.24. The number of amides is 1. The number of anilines is 1. The highest BCUT2D eigenvalue weighted by molar-refractivity contribution is 6.01. The summed E-state index contributed by atoms with van der Waals surface area (Å²) in [6, 6.07) is 13.9. The Hall–Kier alpha value is -2.42. The summed E-state index contributed by atoms with van der Waals surface area (Å²) in [5.41, 5.74) is 6.20. The van der Waals surface area contributed by atoms with Crippen molar-refractivity contribution in [1.29, 1.82) is 0 Å². The van der Waals surface area contributed by atoms with Gasteiger partial charge in [-0.1, -0.05) is 29.8 Å². The molecule has 0 saturated heterocycles. The molecule has 1 amide bonds. The Labute approximate surface area is 125 Å². The smallest absolute Gasteiger partial charge is 0.221 e. The Morgan fingerprint density at radius 3 is 2.24 bits per heavy atom. The summed E-state index contributed by atoms with van der Waals surface area (Å²) < 4.78 is 0. The van der Waals surface area contributed by atoms with Crippen molar-refractivity contribution in [3.63, 3.8) is 0 Å². The number of aryl methyl sites for hydroxylation is 2. The standard InChI is InChI=1S/C18H20N2O/c1-12-5-10-18(13(2)11-12)19-14(3)16-6-8-17(9-7-16)20-15(4)21/h5-11H,1-4H3,(H,20,21)/b19-14+. The quantitative estimate of drug-likeness (QED) is 0.832. The highest BCUT2D eigenvalue weighted by atomic mass is 16.1. The van der Waals surface area contributed by atoms with E-state index in [0.29, 0.717) is 0 Å². The number of rotatable bonds is 3. The van der Waals surface area contributed by atoms with Gasteiger partial charge in [0.2, 0.25) is 5.91 Å². The van der Waals surface area contributed by atoms with E-state index in [2.05, 4.69) is 36.3 Å². The van der Waals surface area contributed by atoms with E-state index in [-0.39, 0.29) is 5.91 Å². The first-order valence-electron chi connectivity index (χ1n) is 6.96. The van der Waals surface area contributed by atoms with Gasteiger partial charge in [-0.3, -0.25) is 9.79 Å². The van der Waals surface area contributed by atoms with Crippen molar-refractivity contribution >= 4 is 23.0 Å². The molecule has 0 aliphatic rings. The van der Waals surface area contributed by atoms with Crippen molar-refractivity contribution in [2.45, 2.75) is 27.7 Å². The van der Waals surface area contributed by atoms with E-state index in [0.717, 1.165) is 22.6 Å². The number of carbonyl (C=O) groups excluding carboxylic acids is 1. The van der Waals surface area contributed by atoms with Crippen LogP contribution in [0.15, 0.2) is 47.5 Å². The zero-order valence-electron chi connectivity index (χ0n) is 12.9. The summed E-state index contributed by atoms with van der Waals surface area (Å²) in [6.07, 6.45) is 0. The fraction of sp³-hybridized carbons (Fsp3) is 0.222. The van der Waals surface area contributed by atoms with Crippen LogP contribution in [0.4, 0.5) is 11.4 Å². The van der Waals surface area contributed by atoms with Gasteiger partial charge >= 0.3 is 0 Å². The average molecular weight is 280 g/mol. The van der Waals surface area contributed by atoms with Gasteiger partial charge in [-0.2, -0.15) is 0 Å². The minimum absolute atomic E-state index is 0.0663. The number of nitrogens with zero attached hydrogens (tertiary/aromatic N) is 1. The zero-order chi connectivity index (χ0) is 15.4. The van der Waals surface area contributed by atoms with E-state index in [1.54, 1.807) is 0 Å². The molecule has 0 aliphatic carbocycles. The molecule has 3 nitrogen and oxygen atoms in total. The van der Waals surface area contributed by atoms with Crippen LogP contribution in [0.3, 0.4) is 0 Å². The summed E-state index contributed by atoms with van der Waals surface area (Å²) >= 11 is 0. The molecule has 2 rings (SSSR count). The van der Waals surface area contributed by atoms with Crippen molar-refractivity contribution in [3.8, 4) is 0 Å². The molecule has 0 unspecified atom stereocenters. The van der Waals surface area contributed by atoms with Crippen LogP contribution in [0.2, 0.25) is 0 Å². The van der Waals surface area contributed by atoms with E-state index >= 15 is 0 Å². The van der Waals surface area contributed by atoms with Gasteiger partial charge in [0.25, 0.3) is 0 Å². The third-order valence-electron chi connectivity index (χ3n) is 3.26. The topological polar surface area (TPSA) is 41.5 Å². The third-order valence-corrected chi connectivity index (χ3v) is 3.26. The van der Waals surface area contributed by atoms with Crippen LogP contribution in [-0.4, -0.2) is 11.6 Å². The van der Waals surface area contributed by atoms with Gasteiger partial charge in [0.1, 0.15) is 0 Å². The maximum atomic E-state index is 11.0. The molecule has 3 heteroatoms. The van der Waals surface area contributed by atoms with Gasteiger partial charge < -0.3 is 5.32 Å². The Bertz CT molecular complexity index is 685. The second-order valence-corrected chi connectivity index (χ2v) is 5.25. The number of aliphatic imine (C=N–C) groups is 1. The molecule has 0 aromatic heterocycles. The summed E-state index contributed by atoms with van der Waals surface area (Å²) in [5.74, 6) is -0.0663. The van der Waals surface area contributed by atoms with Crippen molar-refractivity contribution in [3.05, 3.63) is 59.2 Å². The highest BCUT2D eigenvalue weighted by Crippen LogP contribution is 2.21. The number of benzene rings is 2. The molecular weight excluding hydrogens is 260 g/mol. The van der Waals surface area contributed by atoms with Gasteiger partial charge in [-0.15, -0.1) is 0 Å². The predicted octanol–water partition coefficient (Wildman–Crippen LogP) is 4.40. The monoisotopic (exact) mass is 280 g/mol. The highest BCUT2D eigenvalue weighted by Gasteiger charge is 2.02. The molecule has 1 N–H and O–H groups in total. The first kappa shape index (κ1) is 15.0. The SMILES string of the molecule is CC(=O)Nc1ccc(/C(C)=N/c2ccc(C)cc2C)cc1. The Morgan fingerprint density at radius 1 is 1.00 bits per heavy atom. The average Bonchev–Trinajstić information content (AvgIpc) is 2.42. The molecule has 0 fully saturated rings. The lowest BCUT2D eigenvalue weighted by atomic mass is 10.1. The summed E-state index contributed by atoms with van der Waals surface area (Å²) in [5, 5.41) is 2.76. The molecule has 0 bridgehead atoms. The zero-order valence-corrected chi connectivity index (χ0v) is 12.9. The van der Waals surface area contributed by atoms with Crippen LogP contribution in [0.25, 0.3) is 0 Å². The maximum Gasteiger partial charge on any atom is 0.221 e. The predicted molar refractivity (Wildman–Crippen MR) is 88.5 cm³/mol. The van der Waals surface area contributed by atoms with E-state index in [4.69, 9.17) is 0 Å². The minimum Gasteiger partial charge on any atom is -0.326 e. The number of nitrogens with one attached hydrogen (secondary N) is 1. The van der Waals surface area contributed by atoms with Crippen molar-refractivity contribution in [2.75, 3.05) is 5.32 Å². The molecule has 0 heterocycles. The summed E-state index contributed by atoms with van der Waals surface area (Å²) in [6.45, 7) is 7.64. The molecule has 108 valence electrons. The first-order chi connectivity index (χ1) is 9.95. The molecule has 2 aromatic carbocycles. The van der Waals surface area contributed by atoms with E-state index in [9.17, 15) is 4.79 Å². The third kappa shape index (κ3) is 4.02. The lowest BCUT2D eigenvalue weighted by molar-refractivity contribution is -0.114. The van der Waals surface area contributed by atoms with Gasteiger partial charge in [0.05, 0.1) is 5.69 Å². The van der Waals surface area contributed by atoms with Crippen LogP contribution < -0.4 is 5.32 Å². The summed E-state index contributed by atoms with van der Waals surface area (Å²) in [7, 11) is 0. The number of hydrogen-bond donors (Lipinski definition) is 1. The van der Waals surface area contributed by atoms with Crippen LogP contribution in [0.1, 0.15) is 30.5 Å². The molecule has 0 saturated carbocycles. The molecule has 0 radical (unpaired) electrons. The number of carbonyl (C=O) groups is 1. The fourth-order valence-corrected chi connectivity index (χ4v) is 2.17. The van der Waals surface area contributed by atoms with Crippen LogP contribution in [-0.2, 0) is 4.79 Å².